The van der Waals surface area contributed by atoms with Crippen LogP contribution in [-0.2, 0) is 25.8 Å². The van der Waals surface area contributed by atoms with E-state index >= 15 is 0 Å². The van der Waals surface area contributed by atoms with Crippen molar-refractivity contribution < 1.29 is 46.3 Å². The minimum Gasteiger partial charge on any atom is -0.390 e. The van der Waals surface area contributed by atoms with Crippen LogP contribution in [0.3, 0.4) is 0 Å². The zero-order valence-electron chi connectivity index (χ0n) is 19.1. The van der Waals surface area contributed by atoms with Crippen LogP contribution in [0.15, 0.2) is 0 Å². The number of rotatable bonds is 4. The largest absolute Gasteiger partial charge is 0.390 e. The Morgan fingerprint density at radius 2 is 0.440 bits per heavy atom. The smallest absolute Gasteiger partial charge is 0.0589 e. The minimum absolute atomic E-state index is 0. The van der Waals surface area contributed by atoms with Crippen LogP contribution < -0.4 is 0 Å². The fourth-order valence-electron chi connectivity index (χ4n) is 0. The molecule has 4 nitrogen and oxygen atoms in total. The summed E-state index contributed by atoms with van der Waals surface area (Å²) in [4.78, 5) is 0. The Morgan fingerprint density at radius 1 is 0.400 bits per heavy atom. The van der Waals surface area contributed by atoms with E-state index in [0.29, 0.717) is 0 Å². The van der Waals surface area contributed by atoms with Gasteiger partial charge in [0.25, 0.3) is 0 Å². The van der Waals surface area contributed by atoms with Gasteiger partial charge < -0.3 is 20.4 Å². The summed E-state index contributed by atoms with van der Waals surface area (Å²) in [6.45, 7) is 22.2. The molecule has 0 aliphatic heterocycles. The van der Waals surface area contributed by atoms with E-state index in [1.807, 2.05) is 27.7 Å². The van der Waals surface area contributed by atoms with E-state index in [1.165, 1.54) is 0 Å². The van der Waals surface area contributed by atoms with Crippen molar-refractivity contribution in [3.05, 3.63) is 0 Å². The first-order chi connectivity index (χ1) is 10.2. The Kier molecular flexibility index (Phi) is 24.7. The molecule has 0 radical (unpaired) electrons. The molecule has 0 bridgehead atoms. The van der Waals surface area contributed by atoms with Crippen LogP contribution >= 0.6 is 0 Å². The van der Waals surface area contributed by atoms with E-state index in [4.69, 9.17) is 20.4 Å². The topological polar surface area (TPSA) is 80.9 Å². The molecule has 0 atom stereocenters. The van der Waals surface area contributed by atoms with Gasteiger partial charge in [-0.25, -0.2) is 0 Å². The van der Waals surface area contributed by atoms with Crippen LogP contribution in [0.2, 0.25) is 0 Å². The Morgan fingerprint density at radius 3 is 0.440 bits per heavy atom. The second kappa shape index (κ2) is 16.9. The molecular formula is C20H48HfO4. The van der Waals surface area contributed by atoms with Gasteiger partial charge in [0.2, 0.25) is 0 Å². The van der Waals surface area contributed by atoms with E-state index in [9.17, 15) is 0 Å². The van der Waals surface area contributed by atoms with Crippen molar-refractivity contribution in [3.8, 4) is 0 Å². The molecule has 0 saturated heterocycles. The second-order valence-corrected chi connectivity index (χ2v) is 8.66. The number of hydrogen-bond acceptors (Lipinski definition) is 4. The maximum atomic E-state index is 8.83. The first kappa shape index (κ1) is 36.6. The number of hydrogen-bond donors (Lipinski definition) is 4. The fourth-order valence-corrected chi connectivity index (χ4v) is 0. The Labute approximate surface area is 177 Å². The third kappa shape index (κ3) is 78.9. The van der Waals surface area contributed by atoms with Crippen LogP contribution in [0.25, 0.3) is 0 Å². The Hall–Kier alpha value is 0.710. The van der Waals surface area contributed by atoms with Crippen LogP contribution in [0.5, 0.6) is 0 Å². The maximum absolute atomic E-state index is 8.83. The molecule has 4 N–H and O–H groups in total. The molecule has 0 spiro atoms. The zero-order chi connectivity index (χ0) is 20.8. The average Bonchev–Trinajstić information content (AvgIpc) is 2.37. The summed E-state index contributed by atoms with van der Waals surface area (Å²) in [5.74, 6) is 0. The van der Waals surface area contributed by atoms with Gasteiger partial charge in [-0.05, 0) is 81.1 Å². The predicted molar refractivity (Wildman–Crippen MR) is 106 cm³/mol. The molecule has 0 aromatic carbocycles. The van der Waals surface area contributed by atoms with E-state index < -0.39 is 22.4 Å². The zero-order valence-corrected chi connectivity index (χ0v) is 22.7. The molecule has 0 fully saturated rings. The summed E-state index contributed by atoms with van der Waals surface area (Å²) in [5, 5.41) is 35.3. The molecule has 0 rings (SSSR count). The fraction of sp³-hybridized carbons (Fsp3) is 1.00. The van der Waals surface area contributed by atoms with Crippen LogP contribution in [0, 0.1) is 0 Å². The van der Waals surface area contributed by atoms with Gasteiger partial charge in [-0.2, -0.15) is 0 Å². The minimum atomic E-state index is -0.458. The van der Waals surface area contributed by atoms with Gasteiger partial charge in [0.1, 0.15) is 0 Å². The standard InChI is InChI=1S/4C5H12O.Hf/c4*1-4-5(2,3)6;/h4*6H,4H2,1-3H3;. The van der Waals surface area contributed by atoms with Crippen molar-refractivity contribution >= 4 is 0 Å². The van der Waals surface area contributed by atoms with Crippen LogP contribution in [-0.4, -0.2) is 42.8 Å². The SMILES string of the molecule is CCC(C)(C)O.CCC(C)(C)O.CCC(C)(C)O.CCC(C)(C)O.[Hf]. The summed E-state index contributed by atoms with van der Waals surface area (Å²) >= 11 is 0. The first-order valence-electron chi connectivity index (χ1n) is 9.14. The molecule has 0 unspecified atom stereocenters. The first-order valence-corrected chi connectivity index (χ1v) is 9.14. The Balaban J connectivity index is -0.0000000702. The third-order valence-electron chi connectivity index (χ3n) is 3.46. The molecular weight excluding hydrogens is 483 g/mol. The predicted octanol–water partition coefficient (Wildman–Crippen LogP) is 4.67. The van der Waals surface area contributed by atoms with Gasteiger partial charge in [-0.3, -0.25) is 0 Å². The molecule has 0 amide bonds. The molecule has 0 saturated carbocycles. The maximum Gasteiger partial charge on any atom is 0.0589 e. The molecule has 25 heavy (non-hydrogen) atoms. The number of aliphatic hydroxyl groups is 4. The molecule has 0 aliphatic rings. The molecule has 0 heterocycles. The van der Waals surface area contributed by atoms with Crippen molar-refractivity contribution in [2.45, 2.75) is 131 Å². The van der Waals surface area contributed by atoms with Crippen LogP contribution in [0.1, 0.15) is 109 Å². The van der Waals surface area contributed by atoms with E-state index in [1.54, 1.807) is 55.4 Å². The summed E-state index contributed by atoms with van der Waals surface area (Å²) in [6.07, 6.45) is 3.31. The van der Waals surface area contributed by atoms with Crippen molar-refractivity contribution in [1.29, 1.82) is 0 Å². The van der Waals surface area contributed by atoms with Gasteiger partial charge in [-0.15, -0.1) is 0 Å². The third-order valence-corrected chi connectivity index (χ3v) is 3.46. The summed E-state index contributed by atoms with van der Waals surface area (Å²) < 4.78 is 0. The van der Waals surface area contributed by atoms with Crippen molar-refractivity contribution in [2.75, 3.05) is 0 Å². The second-order valence-electron chi connectivity index (χ2n) is 8.66. The Bertz CT molecular complexity index is 197. The summed E-state index contributed by atoms with van der Waals surface area (Å²) in [5.41, 5.74) is -1.83. The van der Waals surface area contributed by atoms with Gasteiger partial charge in [0, 0.05) is 25.8 Å². The van der Waals surface area contributed by atoms with E-state index in [0.717, 1.165) is 25.7 Å². The van der Waals surface area contributed by atoms with Crippen molar-refractivity contribution in [1.82, 2.24) is 0 Å². The molecule has 0 aromatic rings. The molecule has 156 valence electrons. The van der Waals surface area contributed by atoms with Gasteiger partial charge in [0.05, 0.1) is 22.4 Å². The average molecular weight is 531 g/mol. The van der Waals surface area contributed by atoms with Crippen molar-refractivity contribution in [2.24, 2.45) is 0 Å². The molecule has 0 aromatic heterocycles. The van der Waals surface area contributed by atoms with Gasteiger partial charge in [0.15, 0.2) is 0 Å². The monoisotopic (exact) mass is 532 g/mol. The van der Waals surface area contributed by atoms with E-state index in [2.05, 4.69) is 0 Å². The van der Waals surface area contributed by atoms with Crippen molar-refractivity contribution in [3.63, 3.8) is 0 Å². The van der Waals surface area contributed by atoms with Crippen LogP contribution in [0.4, 0.5) is 0 Å². The van der Waals surface area contributed by atoms with E-state index in [-0.39, 0.29) is 25.8 Å². The summed E-state index contributed by atoms with van der Waals surface area (Å²) in [6, 6.07) is 0. The molecule has 5 heteroatoms. The normalized spacial score (nSPS) is 11.5. The molecule has 0 aliphatic carbocycles. The quantitative estimate of drug-likeness (QED) is 0.398. The summed E-state index contributed by atoms with van der Waals surface area (Å²) in [7, 11) is 0. The van der Waals surface area contributed by atoms with Gasteiger partial charge >= 0.3 is 0 Å². The van der Waals surface area contributed by atoms with Gasteiger partial charge in [-0.1, -0.05) is 27.7 Å².